The molecule has 84 valence electrons. The third kappa shape index (κ3) is 5.31. The van der Waals surface area contributed by atoms with Gasteiger partial charge in [0.2, 0.25) is 0 Å². The molecular formula is C9H12BrFIN3. The van der Waals surface area contributed by atoms with Gasteiger partial charge in [0.1, 0.15) is 5.82 Å². The van der Waals surface area contributed by atoms with Gasteiger partial charge in [-0.25, -0.2) is 4.39 Å². The lowest BCUT2D eigenvalue weighted by Gasteiger charge is -2.01. The summed E-state index contributed by atoms with van der Waals surface area (Å²) in [6.07, 6.45) is 0.489. The number of nitrogens with zero attached hydrogens (tertiary/aromatic N) is 1. The molecule has 1 aromatic carbocycles. The van der Waals surface area contributed by atoms with Crippen LogP contribution in [0, 0.1) is 5.82 Å². The minimum Gasteiger partial charge on any atom is -0.370 e. The summed E-state index contributed by atoms with van der Waals surface area (Å²) in [5.74, 6) is -0.209. The van der Waals surface area contributed by atoms with Crippen molar-refractivity contribution in [3.63, 3.8) is 0 Å². The summed E-state index contributed by atoms with van der Waals surface area (Å²) < 4.78 is 14.0. The number of nitrogens with two attached hydrogens (primary N) is 2. The molecular weight excluding hydrogens is 376 g/mol. The first-order valence-corrected chi connectivity index (χ1v) is 4.88. The molecule has 0 saturated heterocycles. The maximum Gasteiger partial charge on any atom is 0.185 e. The van der Waals surface area contributed by atoms with Gasteiger partial charge in [-0.2, -0.15) is 0 Å². The number of hydrogen-bond acceptors (Lipinski definition) is 1. The van der Waals surface area contributed by atoms with Crippen molar-refractivity contribution < 1.29 is 4.39 Å². The van der Waals surface area contributed by atoms with Crippen LogP contribution in [0.3, 0.4) is 0 Å². The van der Waals surface area contributed by atoms with E-state index in [1.807, 2.05) is 0 Å². The third-order valence-corrected chi connectivity index (χ3v) is 2.18. The van der Waals surface area contributed by atoms with Crippen molar-refractivity contribution in [2.24, 2.45) is 16.5 Å². The fraction of sp³-hybridized carbons (Fsp3) is 0.222. The van der Waals surface area contributed by atoms with Gasteiger partial charge in [0.25, 0.3) is 0 Å². The van der Waals surface area contributed by atoms with Gasteiger partial charge in [-0.1, -0.05) is 15.9 Å². The number of hydrogen-bond donors (Lipinski definition) is 2. The Balaban J connectivity index is 0.00000196. The van der Waals surface area contributed by atoms with Crippen molar-refractivity contribution in [2.45, 2.75) is 6.42 Å². The van der Waals surface area contributed by atoms with Gasteiger partial charge in [-0.3, -0.25) is 4.99 Å². The van der Waals surface area contributed by atoms with Gasteiger partial charge in [0.05, 0.1) is 0 Å². The van der Waals surface area contributed by atoms with Crippen LogP contribution in [0.1, 0.15) is 5.56 Å². The second-order valence-corrected chi connectivity index (χ2v) is 3.71. The van der Waals surface area contributed by atoms with E-state index in [1.165, 1.54) is 6.07 Å². The highest BCUT2D eigenvalue weighted by atomic mass is 127. The van der Waals surface area contributed by atoms with Crippen molar-refractivity contribution in [1.29, 1.82) is 0 Å². The SMILES string of the molecule is I.NC(N)=NCCc1cc(Br)ccc1F. The molecule has 4 N–H and O–H groups in total. The first kappa shape index (κ1) is 14.6. The van der Waals surface area contributed by atoms with Crippen LogP contribution in [0.2, 0.25) is 0 Å². The molecule has 0 aliphatic rings. The lowest BCUT2D eigenvalue weighted by Crippen LogP contribution is -2.23. The zero-order valence-electron chi connectivity index (χ0n) is 7.91. The molecule has 0 saturated carbocycles. The summed E-state index contributed by atoms with van der Waals surface area (Å²) in [7, 11) is 0. The highest BCUT2D eigenvalue weighted by molar-refractivity contribution is 14.0. The Kier molecular flexibility index (Phi) is 6.82. The highest BCUT2D eigenvalue weighted by Gasteiger charge is 2.01. The summed E-state index contributed by atoms with van der Waals surface area (Å²) in [5.41, 5.74) is 10.9. The summed E-state index contributed by atoms with van der Waals surface area (Å²) in [4.78, 5) is 3.78. The second-order valence-electron chi connectivity index (χ2n) is 2.79. The van der Waals surface area contributed by atoms with Gasteiger partial charge < -0.3 is 11.5 Å². The minimum absolute atomic E-state index is 0. The largest absolute Gasteiger partial charge is 0.370 e. The van der Waals surface area contributed by atoms with Gasteiger partial charge in [-0.15, -0.1) is 24.0 Å². The van der Waals surface area contributed by atoms with Gasteiger partial charge in [0, 0.05) is 11.0 Å². The molecule has 6 heteroatoms. The maximum atomic E-state index is 13.2. The molecule has 0 spiro atoms. The van der Waals surface area contributed by atoms with Crippen LogP contribution in [0.15, 0.2) is 27.7 Å². The Morgan fingerprint density at radius 3 is 2.67 bits per heavy atom. The van der Waals surface area contributed by atoms with Crippen LogP contribution >= 0.6 is 39.9 Å². The summed E-state index contributed by atoms with van der Waals surface area (Å²) in [5, 5.41) is 0. The maximum absolute atomic E-state index is 13.2. The monoisotopic (exact) mass is 387 g/mol. The van der Waals surface area contributed by atoms with Crippen molar-refractivity contribution in [1.82, 2.24) is 0 Å². The van der Waals surface area contributed by atoms with Crippen LogP contribution in [0.4, 0.5) is 4.39 Å². The second kappa shape index (κ2) is 7.00. The molecule has 0 aromatic heterocycles. The predicted molar refractivity (Wildman–Crippen MR) is 73.9 cm³/mol. The van der Waals surface area contributed by atoms with Gasteiger partial charge in [0.15, 0.2) is 5.96 Å². The fourth-order valence-electron chi connectivity index (χ4n) is 1.04. The molecule has 1 aromatic rings. The zero-order valence-corrected chi connectivity index (χ0v) is 11.8. The number of guanidine groups is 1. The van der Waals surface area contributed by atoms with Crippen molar-refractivity contribution >= 4 is 45.9 Å². The summed E-state index contributed by atoms with van der Waals surface area (Å²) in [6.45, 7) is 0.399. The average Bonchev–Trinajstić information content (AvgIpc) is 2.10. The van der Waals surface area contributed by atoms with E-state index >= 15 is 0 Å². The lowest BCUT2D eigenvalue weighted by atomic mass is 10.1. The Morgan fingerprint density at radius 1 is 1.40 bits per heavy atom. The van der Waals surface area contributed by atoms with E-state index in [1.54, 1.807) is 12.1 Å². The number of rotatable bonds is 3. The number of halogens is 3. The smallest absolute Gasteiger partial charge is 0.185 e. The molecule has 0 fully saturated rings. The number of aliphatic imine (C=N–C) groups is 1. The number of benzene rings is 1. The standard InChI is InChI=1S/C9H11BrFN3.HI/c10-7-1-2-8(11)6(5-7)3-4-14-9(12)13;/h1-2,5H,3-4H2,(H4,12,13,14);1H. The summed E-state index contributed by atoms with van der Waals surface area (Å²) >= 11 is 3.27. The molecule has 0 heterocycles. The van der Waals surface area contributed by atoms with Crippen molar-refractivity contribution in [3.8, 4) is 0 Å². The topological polar surface area (TPSA) is 64.4 Å². The Bertz CT molecular complexity index is 353. The van der Waals surface area contributed by atoms with E-state index in [0.717, 1.165) is 4.47 Å². The normalized spacial score (nSPS) is 9.20. The molecule has 0 aliphatic carbocycles. The van der Waals surface area contributed by atoms with Crippen molar-refractivity contribution in [3.05, 3.63) is 34.1 Å². The van der Waals surface area contributed by atoms with E-state index in [4.69, 9.17) is 11.5 Å². The molecule has 0 aliphatic heterocycles. The minimum atomic E-state index is -0.237. The predicted octanol–water partition coefficient (Wildman–Crippen LogP) is 2.02. The highest BCUT2D eigenvalue weighted by Crippen LogP contribution is 2.15. The molecule has 15 heavy (non-hydrogen) atoms. The molecule has 0 bridgehead atoms. The van der Waals surface area contributed by atoms with E-state index < -0.39 is 0 Å². The quantitative estimate of drug-likeness (QED) is 0.473. The molecule has 1 rings (SSSR count). The molecule has 0 radical (unpaired) electrons. The van der Waals surface area contributed by atoms with E-state index in [-0.39, 0.29) is 35.8 Å². The lowest BCUT2D eigenvalue weighted by molar-refractivity contribution is 0.609. The third-order valence-electron chi connectivity index (χ3n) is 1.68. The van der Waals surface area contributed by atoms with Crippen LogP contribution in [0.5, 0.6) is 0 Å². The van der Waals surface area contributed by atoms with Gasteiger partial charge in [-0.05, 0) is 30.2 Å². The Hall–Kier alpha value is -0.370. The molecule has 0 atom stereocenters. The summed E-state index contributed by atoms with van der Waals surface area (Å²) in [6, 6.07) is 4.78. The van der Waals surface area contributed by atoms with E-state index in [9.17, 15) is 4.39 Å². The molecule has 0 unspecified atom stereocenters. The fourth-order valence-corrected chi connectivity index (χ4v) is 1.45. The Morgan fingerprint density at radius 2 is 2.07 bits per heavy atom. The average molecular weight is 388 g/mol. The van der Waals surface area contributed by atoms with Crippen molar-refractivity contribution in [2.75, 3.05) is 6.54 Å². The van der Waals surface area contributed by atoms with Crippen LogP contribution in [-0.4, -0.2) is 12.5 Å². The van der Waals surface area contributed by atoms with E-state index in [0.29, 0.717) is 18.5 Å². The van der Waals surface area contributed by atoms with Gasteiger partial charge >= 0.3 is 0 Å². The van der Waals surface area contributed by atoms with Crippen LogP contribution < -0.4 is 11.5 Å². The molecule has 3 nitrogen and oxygen atoms in total. The van der Waals surface area contributed by atoms with E-state index in [2.05, 4.69) is 20.9 Å². The van der Waals surface area contributed by atoms with Crippen LogP contribution in [0.25, 0.3) is 0 Å². The molecule has 0 amide bonds. The van der Waals surface area contributed by atoms with Crippen LogP contribution in [-0.2, 0) is 6.42 Å². The Labute approximate surface area is 113 Å². The first-order valence-electron chi connectivity index (χ1n) is 4.09. The zero-order chi connectivity index (χ0) is 10.6. The first-order chi connectivity index (χ1) is 6.59.